The first-order chi connectivity index (χ1) is 15.2. The Kier molecular flexibility index (Phi) is 6.68. The van der Waals surface area contributed by atoms with Crippen LogP contribution < -0.4 is 16.0 Å². The minimum atomic E-state index is 0.0854. The predicted molar refractivity (Wildman–Crippen MR) is 122 cm³/mol. The van der Waals surface area contributed by atoms with Gasteiger partial charge in [0.1, 0.15) is 6.33 Å². The van der Waals surface area contributed by atoms with E-state index in [0.717, 1.165) is 36.4 Å². The monoisotopic (exact) mass is 417 g/mol. The Bertz CT molecular complexity index is 1040. The molecule has 1 aliphatic rings. The molecule has 4 rings (SSSR count). The maximum Gasteiger partial charge on any atom is 0.230 e. The van der Waals surface area contributed by atoms with Crippen molar-refractivity contribution in [1.82, 2.24) is 25.2 Å². The zero-order valence-corrected chi connectivity index (χ0v) is 17.6. The van der Waals surface area contributed by atoms with Crippen molar-refractivity contribution >= 4 is 23.2 Å². The number of rotatable bonds is 0. The highest BCUT2D eigenvalue weighted by atomic mass is 16.1. The Balaban J connectivity index is 1.60. The van der Waals surface area contributed by atoms with Gasteiger partial charge in [0.15, 0.2) is 5.82 Å². The summed E-state index contributed by atoms with van der Waals surface area (Å²) in [7, 11) is 2.07. The van der Waals surface area contributed by atoms with Crippen LogP contribution in [0.2, 0.25) is 0 Å². The molecule has 1 aromatic heterocycles. The van der Waals surface area contributed by atoms with Crippen LogP contribution in [0.1, 0.15) is 18.4 Å². The number of hydrogen-bond donors (Lipinski definition) is 3. The molecule has 0 atom stereocenters. The number of benzene rings is 2. The molecule has 160 valence electrons. The van der Waals surface area contributed by atoms with Gasteiger partial charge in [-0.1, -0.05) is 24.3 Å². The number of carbonyl (C=O) groups is 1. The molecule has 2 heterocycles. The maximum atomic E-state index is 12.1. The summed E-state index contributed by atoms with van der Waals surface area (Å²) in [5, 5.41) is 9.60. The molecule has 0 spiro atoms. The van der Waals surface area contributed by atoms with E-state index in [1.54, 1.807) is 0 Å². The Morgan fingerprint density at radius 3 is 2.74 bits per heavy atom. The van der Waals surface area contributed by atoms with Crippen molar-refractivity contribution in [2.24, 2.45) is 0 Å². The molecule has 1 aliphatic heterocycles. The van der Waals surface area contributed by atoms with Gasteiger partial charge in [0.2, 0.25) is 11.9 Å². The number of amides is 1. The van der Waals surface area contributed by atoms with E-state index in [1.165, 1.54) is 11.9 Å². The molecule has 0 radical (unpaired) electrons. The fraction of sp³-hybridized carbons (Fsp3) is 0.304. The Labute approximate surface area is 182 Å². The first-order valence-corrected chi connectivity index (χ1v) is 10.5. The van der Waals surface area contributed by atoms with Crippen LogP contribution in [0.15, 0.2) is 54.9 Å². The van der Waals surface area contributed by atoms with E-state index in [2.05, 4.69) is 55.0 Å². The van der Waals surface area contributed by atoms with Crippen molar-refractivity contribution in [3.05, 3.63) is 60.4 Å². The normalized spacial score (nSPS) is 15.8. The second kappa shape index (κ2) is 9.99. The van der Waals surface area contributed by atoms with Crippen molar-refractivity contribution < 1.29 is 4.79 Å². The molecule has 0 unspecified atom stereocenters. The SMILES string of the molecule is CN1CCCC(=O)NCCNc2cccc(c2)-c2ncnc(n2)Nc2cccc(c2)C1. The van der Waals surface area contributed by atoms with Crippen LogP contribution in [-0.2, 0) is 11.3 Å². The summed E-state index contributed by atoms with van der Waals surface area (Å²) in [6.07, 6.45) is 2.87. The second-order valence-corrected chi connectivity index (χ2v) is 7.66. The number of hydrogen-bond acceptors (Lipinski definition) is 7. The average Bonchev–Trinajstić information content (AvgIpc) is 2.77. The molecule has 1 amide bonds. The highest BCUT2D eigenvalue weighted by Gasteiger charge is 2.08. The molecule has 6 bridgehead atoms. The first-order valence-electron chi connectivity index (χ1n) is 10.5. The van der Waals surface area contributed by atoms with Gasteiger partial charge in [-0.2, -0.15) is 4.98 Å². The molecule has 8 heteroatoms. The number of anilines is 3. The van der Waals surface area contributed by atoms with E-state index < -0.39 is 0 Å². The molecule has 3 aromatic rings. The van der Waals surface area contributed by atoms with Gasteiger partial charge in [0.25, 0.3) is 0 Å². The topological polar surface area (TPSA) is 95.1 Å². The number of nitrogens with one attached hydrogen (secondary N) is 3. The van der Waals surface area contributed by atoms with Crippen LogP contribution in [-0.4, -0.2) is 52.4 Å². The molecule has 0 aliphatic carbocycles. The van der Waals surface area contributed by atoms with E-state index >= 15 is 0 Å². The summed E-state index contributed by atoms with van der Waals surface area (Å²) < 4.78 is 0. The first kappa shape index (κ1) is 20.7. The predicted octanol–water partition coefficient (Wildman–Crippen LogP) is 3.04. The van der Waals surface area contributed by atoms with E-state index in [0.29, 0.717) is 31.3 Å². The van der Waals surface area contributed by atoms with E-state index in [4.69, 9.17) is 0 Å². The zero-order chi connectivity index (χ0) is 21.5. The maximum absolute atomic E-state index is 12.1. The molecule has 0 fully saturated rings. The quantitative estimate of drug-likeness (QED) is 0.517. The summed E-state index contributed by atoms with van der Waals surface area (Å²) >= 11 is 0. The third kappa shape index (κ3) is 5.99. The fourth-order valence-corrected chi connectivity index (χ4v) is 3.54. The summed E-state index contributed by atoms with van der Waals surface area (Å²) in [6, 6.07) is 16.1. The average molecular weight is 418 g/mol. The van der Waals surface area contributed by atoms with Gasteiger partial charge < -0.3 is 20.9 Å². The molecule has 0 saturated carbocycles. The lowest BCUT2D eigenvalue weighted by molar-refractivity contribution is -0.121. The van der Waals surface area contributed by atoms with Gasteiger partial charge in [-0.3, -0.25) is 4.79 Å². The Morgan fingerprint density at radius 2 is 1.81 bits per heavy atom. The standard InChI is InChI=1S/C23H27N7O/c1-30-12-4-9-21(31)25-11-10-24-19-7-3-6-18(14-19)22-26-16-27-23(29-22)28-20-8-2-5-17(13-20)15-30/h2-3,5-8,13-14,16,24H,4,9-12,15H2,1H3,(H,25,31)(H,26,27,28,29). The van der Waals surface area contributed by atoms with Gasteiger partial charge in [-0.15, -0.1) is 0 Å². The van der Waals surface area contributed by atoms with E-state index in [-0.39, 0.29) is 5.91 Å². The summed E-state index contributed by atoms with van der Waals surface area (Å²) in [5.41, 5.74) is 3.95. The minimum Gasteiger partial charge on any atom is -0.383 e. The third-order valence-electron chi connectivity index (χ3n) is 5.05. The van der Waals surface area contributed by atoms with Gasteiger partial charge >= 0.3 is 0 Å². The largest absolute Gasteiger partial charge is 0.383 e. The van der Waals surface area contributed by atoms with Crippen LogP contribution >= 0.6 is 0 Å². The van der Waals surface area contributed by atoms with Crippen LogP contribution in [0.5, 0.6) is 0 Å². The van der Waals surface area contributed by atoms with E-state index in [9.17, 15) is 4.79 Å². The van der Waals surface area contributed by atoms with E-state index in [1.807, 2.05) is 36.4 Å². The number of carbonyl (C=O) groups excluding carboxylic acids is 1. The van der Waals surface area contributed by atoms with Crippen molar-refractivity contribution in [3.8, 4) is 11.4 Å². The third-order valence-corrected chi connectivity index (χ3v) is 5.05. The van der Waals surface area contributed by atoms with Crippen molar-refractivity contribution in [2.75, 3.05) is 37.3 Å². The van der Waals surface area contributed by atoms with Crippen molar-refractivity contribution in [1.29, 1.82) is 0 Å². The van der Waals surface area contributed by atoms with Gasteiger partial charge in [0, 0.05) is 43.0 Å². The second-order valence-electron chi connectivity index (χ2n) is 7.66. The highest BCUT2D eigenvalue weighted by molar-refractivity contribution is 5.75. The fourth-order valence-electron chi connectivity index (χ4n) is 3.54. The van der Waals surface area contributed by atoms with Crippen molar-refractivity contribution in [2.45, 2.75) is 19.4 Å². The number of fused-ring (bicyclic) bond motifs is 7. The van der Waals surface area contributed by atoms with Crippen LogP contribution in [0.4, 0.5) is 17.3 Å². The molecular weight excluding hydrogens is 390 g/mol. The highest BCUT2D eigenvalue weighted by Crippen LogP contribution is 2.21. The smallest absolute Gasteiger partial charge is 0.230 e. The summed E-state index contributed by atoms with van der Waals surface area (Å²) in [4.78, 5) is 27.5. The molecule has 2 aromatic carbocycles. The minimum absolute atomic E-state index is 0.0854. The molecular formula is C23H27N7O. The van der Waals surface area contributed by atoms with Crippen molar-refractivity contribution in [3.63, 3.8) is 0 Å². The van der Waals surface area contributed by atoms with Gasteiger partial charge in [-0.05, 0) is 49.8 Å². The van der Waals surface area contributed by atoms with Crippen LogP contribution in [0.25, 0.3) is 11.4 Å². The number of nitrogens with zero attached hydrogens (tertiary/aromatic N) is 4. The van der Waals surface area contributed by atoms with Crippen LogP contribution in [0, 0.1) is 0 Å². The lowest BCUT2D eigenvalue weighted by Gasteiger charge is -2.17. The van der Waals surface area contributed by atoms with Gasteiger partial charge in [0.05, 0.1) is 0 Å². The number of aromatic nitrogens is 3. The Hall–Kier alpha value is -3.52. The molecule has 3 N–H and O–H groups in total. The lowest BCUT2D eigenvalue weighted by Crippen LogP contribution is -2.29. The zero-order valence-electron chi connectivity index (χ0n) is 17.6. The van der Waals surface area contributed by atoms with Crippen LogP contribution in [0.3, 0.4) is 0 Å². The molecule has 8 nitrogen and oxygen atoms in total. The Morgan fingerprint density at radius 1 is 0.968 bits per heavy atom. The summed E-state index contributed by atoms with van der Waals surface area (Å²) in [6.45, 7) is 2.88. The molecule has 31 heavy (non-hydrogen) atoms. The lowest BCUT2D eigenvalue weighted by atomic mass is 10.1. The summed E-state index contributed by atoms with van der Waals surface area (Å²) in [5.74, 6) is 1.19. The molecule has 0 saturated heterocycles. The van der Waals surface area contributed by atoms with Gasteiger partial charge in [-0.25, -0.2) is 9.97 Å².